The van der Waals surface area contributed by atoms with Gasteiger partial charge in [-0.1, -0.05) is 23.9 Å². The van der Waals surface area contributed by atoms with Gasteiger partial charge in [-0.3, -0.25) is 14.8 Å². The first-order valence-electron chi connectivity index (χ1n) is 7.90. The molecule has 3 rings (SSSR count). The molecule has 0 amide bonds. The second kappa shape index (κ2) is 7.66. The van der Waals surface area contributed by atoms with E-state index in [0.29, 0.717) is 33.8 Å². The van der Waals surface area contributed by atoms with Crippen LogP contribution in [0, 0.1) is 36.7 Å². The molecule has 9 nitrogen and oxygen atoms in total. The molecule has 11 heteroatoms. The van der Waals surface area contributed by atoms with E-state index in [1.807, 2.05) is 0 Å². The first-order valence-corrected chi connectivity index (χ1v) is 8.88. The number of thioether (sulfide) groups is 1. The van der Waals surface area contributed by atoms with Crippen LogP contribution < -0.4 is 0 Å². The summed E-state index contributed by atoms with van der Waals surface area (Å²) in [4.78, 5) is 10.7. The molecule has 0 fully saturated rings. The van der Waals surface area contributed by atoms with E-state index in [1.54, 1.807) is 37.6 Å². The van der Waals surface area contributed by atoms with E-state index >= 15 is 0 Å². The van der Waals surface area contributed by atoms with Crippen molar-refractivity contribution in [1.29, 1.82) is 0 Å². The predicted molar refractivity (Wildman–Crippen MR) is 98.4 cm³/mol. The van der Waals surface area contributed by atoms with E-state index in [2.05, 4.69) is 20.4 Å². The molecule has 0 saturated heterocycles. The van der Waals surface area contributed by atoms with Crippen LogP contribution in [0.3, 0.4) is 0 Å². The zero-order valence-corrected chi connectivity index (χ0v) is 15.6. The van der Waals surface area contributed by atoms with E-state index in [4.69, 9.17) is 0 Å². The third kappa shape index (κ3) is 4.03. The summed E-state index contributed by atoms with van der Waals surface area (Å²) in [5.74, 6) is 0.526. The largest absolute Gasteiger partial charge is 0.312 e. The molecule has 0 aliphatic carbocycles. The van der Waals surface area contributed by atoms with Gasteiger partial charge in [0.1, 0.15) is 17.2 Å². The van der Waals surface area contributed by atoms with Gasteiger partial charge < -0.3 is 0 Å². The Bertz CT molecular complexity index is 1030. The molecule has 0 unspecified atom stereocenters. The fourth-order valence-corrected chi connectivity index (χ4v) is 3.36. The zero-order chi connectivity index (χ0) is 19.6. The van der Waals surface area contributed by atoms with Crippen molar-refractivity contribution in [2.75, 3.05) is 0 Å². The summed E-state index contributed by atoms with van der Waals surface area (Å²) in [5, 5.41) is 28.2. The van der Waals surface area contributed by atoms with Crippen LogP contribution in [0.4, 0.5) is 10.1 Å². The summed E-state index contributed by atoms with van der Waals surface area (Å²) in [7, 11) is 0. The smallest absolute Gasteiger partial charge is 0.258 e. The minimum absolute atomic E-state index is 0.0115. The monoisotopic (exact) mass is 389 g/mol. The fraction of sp³-hybridized carbons (Fsp3) is 0.250. The molecule has 0 saturated carbocycles. The van der Waals surface area contributed by atoms with Crippen LogP contribution in [0.15, 0.2) is 34.5 Å². The van der Waals surface area contributed by atoms with E-state index in [-0.39, 0.29) is 11.5 Å². The van der Waals surface area contributed by atoms with Crippen molar-refractivity contribution >= 4 is 23.7 Å². The van der Waals surface area contributed by atoms with Crippen molar-refractivity contribution in [3.05, 3.63) is 63.0 Å². The van der Waals surface area contributed by atoms with Gasteiger partial charge in [-0.15, -0.1) is 10.2 Å². The molecule has 0 N–H and O–H groups in total. The van der Waals surface area contributed by atoms with Gasteiger partial charge in [0, 0.05) is 0 Å². The lowest BCUT2D eigenvalue weighted by Crippen LogP contribution is -2.02. The Morgan fingerprint density at radius 1 is 1.33 bits per heavy atom. The Hall–Kier alpha value is -3.08. The third-order valence-electron chi connectivity index (χ3n) is 3.78. The standard InChI is InChI=1S/C16H16FN7O2S/c1-10-15(24(25)26)11(2)22(21-10)9-27-16-20-19-12(3)23(16)18-8-13-5-4-6-14(17)7-13/h4-8H,9H2,1-3H3. The number of rotatable bonds is 6. The molecular formula is C16H16FN7O2S. The van der Waals surface area contributed by atoms with Crippen molar-refractivity contribution in [3.63, 3.8) is 0 Å². The molecule has 2 aromatic heterocycles. The van der Waals surface area contributed by atoms with Crippen molar-refractivity contribution in [2.45, 2.75) is 31.8 Å². The minimum atomic E-state index is -0.436. The molecule has 3 aromatic rings. The van der Waals surface area contributed by atoms with Crippen molar-refractivity contribution in [1.82, 2.24) is 24.7 Å². The second-order valence-corrected chi connectivity index (χ2v) is 6.60. The Labute approximate surface area is 158 Å². The lowest BCUT2D eigenvalue weighted by Gasteiger charge is -2.04. The summed E-state index contributed by atoms with van der Waals surface area (Å²) in [6.07, 6.45) is 1.51. The number of aromatic nitrogens is 5. The Balaban J connectivity index is 1.80. The van der Waals surface area contributed by atoms with Crippen molar-refractivity contribution in [2.24, 2.45) is 5.10 Å². The SMILES string of the molecule is Cc1nn(CSc2nnc(C)n2N=Cc2cccc(F)c2)c(C)c1[N+](=O)[O-]. The van der Waals surface area contributed by atoms with Gasteiger partial charge in [-0.25, -0.2) is 4.39 Å². The topological polar surface area (TPSA) is 104 Å². The first kappa shape index (κ1) is 18.7. The summed E-state index contributed by atoms with van der Waals surface area (Å²) in [6.45, 7) is 4.99. The Morgan fingerprint density at radius 2 is 2.11 bits per heavy atom. The molecule has 140 valence electrons. The number of nitro groups is 1. The number of hydrogen-bond acceptors (Lipinski definition) is 7. The van der Waals surface area contributed by atoms with Crippen LogP contribution in [0.2, 0.25) is 0 Å². The molecule has 2 heterocycles. The summed E-state index contributed by atoms with van der Waals surface area (Å²) in [6, 6.07) is 6.05. The van der Waals surface area contributed by atoms with Crippen LogP contribution in [-0.4, -0.2) is 35.8 Å². The highest BCUT2D eigenvalue weighted by Gasteiger charge is 2.22. The third-order valence-corrected chi connectivity index (χ3v) is 4.67. The fourth-order valence-electron chi connectivity index (χ4n) is 2.47. The Kier molecular flexibility index (Phi) is 5.31. The number of halogens is 1. The summed E-state index contributed by atoms with van der Waals surface area (Å²) in [5.41, 5.74) is 1.45. The van der Waals surface area contributed by atoms with Gasteiger partial charge >= 0.3 is 5.69 Å². The van der Waals surface area contributed by atoms with Gasteiger partial charge in [-0.2, -0.15) is 14.9 Å². The number of benzene rings is 1. The molecule has 0 radical (unpaired) electrons. The van der Waals surface area contributed by atoms with E-state index in [9.17, 15) is 14.5 Å². The van der Waals surface area contributed by atoms with E-state index < -0.39 is 4.92 Å². The van der Waals surface area contributed by atoms with Crippen LogP contribution in [0.1, 0.15) is 22.8 Å². The second-order valence-electron chi connectivity index (χ2n) is 5.69. The highest BCUT2D eigenvalue weighted by Crippen LogP contribution is 2.25. The average Bonchev–Trinajstić information content (AvgIpc) is 3.10. The van der Waals surface area contributed by atoms with Crippen LogP contribution in [-0.2, 0) is 5.88 Å². The molecule has 0 aliphatic rings. The Morgan fingerprint density at radius 3 is 2.78 bits per heavy atom. The first-order chi connectivity index (χ1) is 12.9. The van der Waals surface area contributed by atoms with E-state index in [1.165, 1.54) is 34.8 Å². The molecule has 0 aliphatic heterocycles. The zero-order valence-electron chi connectivity index (χ0n) is 14.8. The summed E-state index contributed by atoms with van der Waals surface area (Å²) >= 11 is 1.29. The number of aryl methyl sites for hydroxylation is 2. The molecule has 0 spiro atoms. The molecule has 27 heavy (non-hydrogen) atoms. The van der Waals surface area contributed by atoms with Gasteiger partial charge in [-0.05, 0) is 38.5 Å². The normalized spacial score (nSPS) is 11.4. The van der Waals surface area contributed by atoms with Gasteiger partial charge in [0.05, 0.1) is 17.0 Å². The number of nitrogens with zero attached hydrogens (tertiary/aromatic N) is 7. The maximum Gasteiger partial charge on any atom is 0.312 e. The predicted octanol–water partition coefficient (Wildman–Crippen LogP) is 3.08. The van der Waals surface area contributed by atoms with Crippen LogP contribution >= 0.6 is 11.8 Å². The van der Waals surface area contributed by atoms with Crippen molar-refractivity contribution in [3.8, 4) is 0 Å². The highest BCUT2D eigenvalue weighted by molar-refractivity contribution is 7.98. The molecular weight excluding hydrogens is 373 g/mol. The number of hydrogen-bond donors (Lipinski definition) is 0. The average molecular weight is 389 g/mol. The van der Waals surface area contributed by atoms with Gasteiger partial charge in [0.25, 0.3) is 0 Å². The minimum Gasteiger partial charge on any atom is -0.258 e. The lowest BCUT2D eigenvalue weighted by atomic mass is 10.2. The van der Waals surface area contributed by atoms with Crippen LogP contribution in [0.5, 0.6) is 0 Å². The maximum atomic E-state index is 13.3. The molecule has 1 aromatic carbocycles. The molecule has 0 bridgehead atoms. The van der Waals surface area contributed by atoms with Crippen molar-refractivity contribution < 1.29 is 9.31 Å². The molecule has 0 atom stereocenters. The van der Waals surface area contributed by atoms with E-state index in [0.717, 1.165) is 0 Å². The van der Waals surface area contributed by atoms with Gasteiger partial charge in [0.2, 0.25) is 5.16 Å². The summed E-state index contributed by atoms with van der Waals surface area (Å²) < 4.78 is 16.3. The lowest BCUT2D eigenvalue weighted by molar-refractivity contribution is -0.386. The van der Waals surface area contributed by atoms with Gasteiger partial charge in [0.15, 0.2) is 5.82 Å². The maximum absolute atomic E-state index is 13.3. The van der Waals surface area contributed by atoms with Crippen LogP contribution in [0.25, 0.3) is 0 Å². The highest BCUT2D eigenvalue weighted by atomic mass is 32.2. The quantitative estimate of drug-likeness (QED) is 0.278.